The van der Waals surface area contributed by atoms with Crippen LogP contribution in [0.4, 0.5) is 5.69 Å². The first kappa shape index (κ1) is 23.2. The molecule has 37 heavy (non-hydrogen) atoms. The lowest BCUT2D eigenvalue weighted by Gasteiger charge is -2.39. The molecule has 0 amide bonds. The van der Waals surface area contributed by atoms with E-state index in [0.29, 0.717) is 49.3 Å². The molecule has 5 N–H and O–H groups in total. The average Bonchev–Trinajstić information content (AvgIpc) is 3.58. The number of benzene rings is 2. The van der Waals surface area contributed by atoms with Gasteiger partial charge < -0.3 is 24.7 Å². The van der Waals surface area contributed by atoms with Crippen LogP contribution in [0.25, 0.3) is 11.0 Å². The number of hydrazone groups is 1. The summed E-state index contributed by atoms with van der Waals surface area (Å²) in [6.45, 7) is 2.41. The first-order valence-corrected chi connectivity index (χ1v) is 12.3. The molecule has 0 bridgehead atoms. The van der Waals surface area contributed by atoms with Gasteiger partial charge in [-0.05, 0) is 43.2 Å². The number of hydrogen-bond donors (Lipinski definition) is 3. The first-order chi connectivity index (χ1) is 18.1. The molecule has 0 aliphatic carbocycles. The number of hydrazine groups is 1. The van der Waals surface area contributed by atoms with Crippen LogP contribution in [0.2, 0.25) is 0 Å². The number of likely N-dealkylation sites (tertiary alicyclic amines) is 1. The van der Waals surface area contributed by atoms with Gasteiger partial charge in [-0.3, -0.25) is 14.5 Å². The van der Waals surface area contributed by atoms with Gasteiger partial charge in [-0.25, -0.2) is 10.6 Å². The summed E-state index contributed by atoms with van der Waals surface area (Å²) in [4.78, 5) is 18.0. The van der Waals surface area contributed by atoms with E-state index < -0.39 is 0 Å². The number of fused-ring (bicyclic) bond motifs is 2. The number of para-hydroxylation sites is 2. The molecule has 4 heterocycles. The van der Waals surface area contributed by atoms with Crippen LogP contribution < -0.4 is 31.9 Å². The van der Waals surface area contributed by atoms with Gasteiger partial charge in [0.25, 0.3) is 0 Å². The summed E-state index contributed by atoms with van der Waals surface area (Å²) >= 11 is 0. The van der Waals surface area contributed by atoms with Gasteiger partial charge in [-0.15, -0.1) is 0 Å². The quantitative estimate of drug-likeness (QED) is 0.163. The summed E-state index contributed by atoms with van der Waals surface area (Å²) in [5.74, 6) is 14.3. The van der Waals surface area contributed by atoms with Crippen molar-refractivity contribution < 1.29 is 15.3 Å². The Hall–Kier alpha value is -4.22. The number of nitrogens with zero attached hydrogens (tertiary/aromatic N) is 4. The zero-order valence-electron chi connectivity index (χ0n) is 20.2. The third kappa shape index (κ3) is 4.21. The Bertz CT molecular complexity index is 1470. The summed E-state index contributed by atoms with van der Waals surface area (Å²) in [5.41, 5.74) is 3.25. The van der Waals surface area contributed by atoms with E-state index in [2.05, 4.69) is 15.0 Å². The minimum Gasteiger partial charge on any atom is -0.486 e. The zero-order chi connectivity index (χ0) is 25.4. The number of amidine groups is 1. The molecule has 4 aromatic rings. The fourth-order valence-electron chi connectivity index (χ4n) is 5.37. The molecular weight excluding hydrogens is 474 g/mol. The van der Waals surface area contributed by atoms with Crippen LogP contribution in [0.3, 0.4) is 0 Å². The number of nitrogens with one attached hydrogen (secondary N) is 1. The number of imidazole rings is 1. The smallest absolute Gasteiger partial charge is 0.326 e. The second kappa shape index (κ2) is 9.68. The highest BCUT2D eigenvalue weighted by molar-refractivity contribution is 6.01. The van der Waals surface area contributed by atoms with Gasteiger partial charge in [0.15, 0.2) is 17.3 Å². The van der Waals surface area contributed by atoms with Crippen LogP contribution >= 0.6 is 0 Å². The Morgan fingerprint density at radius 1 is 1.11 bits per heavy atom. The number of ether oxygens (including phenoxy) is 2. The summed E-state index contributed by atoms with van der Waals surface area (Å²) in [7, 11) is 0. The van der Waals surface area contributed by atoms with Crippen molar-refractivity contribution in [1.29, 1.82) is 0 Å². The normalized spacial score (nSPS) is 17.7. The monoisotopic (exact) mass is 505 g/mol. The van der Waals surface area contributed by atoms with Gasteiger partial charge in [-0.1, -0.05) is 12.1 Å². The van der Waals surface area contributed by atoms with Crippen molar-refractivity contribution in [3.8, 4) is 11.5 Å². The minimum absolute atomic E-state index is 0. The predicted octanol–water partition coefficient (Wildman–Crippen LogP) is 2.97. The van der Waals surface area contributed by atoms with Gasteiger partial charge in [0.05, 0.1) is 29.2 Å². The maximum Gasteiger partial charge on any atom is 0.326 e. The van der Waals surface area contributed by atoms with E-state index in [0.717, 1.165) is 29.4 Å². The van der Waals surface area contributed by atoms with E-state index in [1.165, 1.54) is 5.01 Å². The zero-order valence-corrected chi connectivity index (χ0v) is 20.2. The highest BCUT2D eigenvalue weighted by atomic mass is 16.6. The van der Waals surface area contributed by atoms with E-state index in [4.69, 9.17) is 25.6 Å². The predicted molar refractivity (Wildman–Crippen MR) is 142 cm³/mol. The van der Waals surface area contributed by atoms with Crippen LogP contribution in [-0.4, -0.2) is 46.6 Å². The molecule has 2 aliphatic rings. The van der Waals surface area contributed by atoms with Crippen LogP contribution in [-0.2, 0) is 0 Å². The van der Waals surface area contributed by atoms with E-state index in [1.54, 1.807) is 12.5 Å². The van der Waals surface area contributed by atoms with Crippen molar-refractivity contribution in [2.24, 2.45) is 16.8 Å². The number of aromatic amines is 1. The van der Waals surface area contributed by atoms with Crippen LogP contribution in [0, 0.1) is 0 Å². The van der Waals surface area contributed by atoms with Crippen LogP contribution in [0.15, 0.2) is 75.4 Å². The number of H-pyrrole nitrogens is 1. The van der Waals surface area contributed by atoms with Gasteiger partial charge >= 0.3 is 5.69 Å². The Morgan fingerprint density at radius 2 is 1.89 bits per heavy atom. The Labute approximate surface area is 214 Å². The highest BCUT2D eigenvalue weighted by Crippen LogP contribution is 2.36. The molecule has 1 fully saturated rings. The lowest BCUT2D eigenvalue weighted by molar-refractivity contribution is 0.164. The van der Waals surface area contributed by atoms with Gasteiger partial charge in [0.1, 0.15) is 19.3 Å². The standard InChI is InChI=1S/C26H29N7O4.H2/c27-30-25(33(28)19-5-6-22-23(15-19)37-14-13-36-22)24(17-9-12-35-16-17)31-10-7-18(8-11-31)32-21-4-2-1-3-20(21)29-26(32)34;/h1-6,9,12,15-16,18,24H,7-8,10-11,13-14,27-28H2,(H,29,34);1H/b30-25-;. The van der Waals surface area contributed by atoms with Gasteiger partial charge in [0, 0.05) is 32.2 Å². The van der Waals surface area contributed by atoms with Crippen molar-refractivity contribution in [3.05, 3.63) is 77.1 Å². The Balaban J connectivity index is 0.00000294. The Morgan fingerprint density at radius 3 is 2.65 bits per heavy atom. The molecule has 1 atom stereocenters. The highest BCUT2D eigenvalue weighted by Gasteiger charge is 2.34. The molecule has 11 heteroatoms. The van der Waals surface area contributed by atoms with Crippen LogP contribution in [0.5, 0.6) is 11.5 Å². The number of aromatic nitrogens is 2. The molecule has 6 rings (SSSR count). The van der Waals surface area contributed by atoms with E-state index >= 15 is 0 Å². The fraction of sp³-hybridized carbons (Fsp3) is 0.308. The molecule has 1 unspecified atom stereocenters. The number of furan rings is 1. The SMILES string of the molecule is N/N=C(/C(c1ccoc1)N1CCC(n2c(=O)[nH]c3ccccc32)CC1)N(N)c1ccc2c(c1)OCCO2.[HH]. The van der Waals surface area contributed by atoms with Crippen molar-refractivity contribution in [2.75, 3.05) is 31.3 Å². The minimum atomic E-state index is -0.345. The molecule has 2 aromatic carbocycles. The molecule has 0 spiro atoms. The molecule has 1 saturated heterocycles. The largest absolute Gasteiger partial charge is 0.486 e. The summed E-state index contributed by atoms with van der Waals surface area (Å²) in [6, 6.07) is 14.9. The molecule has 194 valence electrons. The average molecular weight is 506 g/mol. The maximum atomic E-state index is 12.7. The fourth-order valence-corrected chi connectivity index (χ4v) is 5.37. The second-order valence-electron chi connectivity index (χ2n) is 9.23. The Kier molecular flexibility index (Phi) is 6.07. The molecule has 0 radical (unpaired) electrons. The number of anilines is 1. The third-order valence-corrected chi connectivity index (χ3v) is 7.14. The number of piperidine rings is 1. The number of nitrogens with two attached hydrogens (primary N) is 2. The van der Waals surface area contributed by atoms with Crippen molar-refractivity contribution in [3.63, 3.8) is 0 Å². The molecule has 2 aromatic heterocycles. The summed E-state index contributed by atoms with van der Waals surface area (Å²) in [5, 5.41) is 5.61. The van der Waals surface area contributed by atoms with Crippen LogP contribution in [0.1, 0.15) is 31.9 Å². The third-order valence-electron chi connectivity index (χ3n) is 7.14. The lowest BCUT2D eigenvalue weighted by Crippen LogP contribution is -2.49. The van der Waals surface area contributed by atoms with E-state index in [9.17, 15) is 4.79 Å². The van der Waals surface area contributed by atoms with E-state index in [1.807, 2.05) is 53.1 Å². The van der Waals surface area contributed by atoms with Gasteiger partial charge in [-0.2, -0.15) is 5.10 Å². The summed E-state index contributed by atoms with van der Waals surface area (Å²) in [6.07, 6.45) is 4.87. The lowest BCUT2D eigenvalue weighted by atomic mass is 9.99. The number of rotatable bonds is 5. The molecular formula is C26H31N7O4. The van der Waals surface area contributed by atoms with E-state index in [-0.39, 0.29) is 19.2 Å². The van der Waals surface area contributed by atoms with Crippen molar-refractivity contribution in [1.82, 2.24) is 14.5 Å². The van der Waals surface area contributed by atoms with Gasteiger partial charge in [0.2, 0.25) is 0 Å². The first-order valence-electron chi connectivity index (χ1n) is 12.3. The maximum absolute atomic E-state index is 12.7. The van der Waals surface area contributed by atoms with Crippen molar-refractivity contribution in [2.45, 2.75) is 24.9 Å². The topological polar surface area (TPSA) is 140 Å². The summed E-state index contributed by atoms with van der Waals surface area (Å²) < 4.78 is 18.7. The molecule has 11 nitrogen and oxygen atoms in total. The molecule has 0 saturated carbocycles. The number of hydrogen-bond acceptors (Lipinski definition) is 8. The van der Waals surface area contributed by atoms with Crippen molar-refractivity contribution >= 4 is 22.6 Å². The second-order valence-corrected chi connectivity index (χ2v) is 9.23. The molecule has 2 aliphatic heterocycles.